The van der Waals surface area contributed by atoms with Gasteiger partial charge in [0.1, 0.15) is 16.2 Å². The number of alkyl halides is 3. The molecule has 0 radical (unpaired) electrons. The van der Waals surface area contributed by atoms with Crippen LogP contribution in [0.25, 0.3) is 10.4 Å². The van der Waals surface area contributed by atoms with Gasteiger partial charge >= 0.3 is 6.18 Å². The molecule has 13 heteroatoms. The van der Waals surface area contributed by atoms with Gasteiger partial charge in [-0.3, -0.25) is 5.41 Å². The van der Waals surface area contributed by atoms with Gasteiger partial charge in [0.05, 0.1) is 4.88 Å². The standard InChI is InChI=1S/C24H25F3N8OS/c1-12-8-13(10-16(9-12)33-22-31-7-6-18(34-22)24(25,26)27)17-11-32-19(37-17)23(14-2-3-14,15-4-5-15)35-21(30)36-20(28)29/h6-11,14-15H,2-5H2,1H3,(H3,28,29)(H2,30,35)(H,31,33,34). The van der Waals surface area contributed by atoms with Gasteiger partial charge < -0.3 is 21.5 Å². The molecule has 3 aromatic rings. The van der Waals surface area contributed by atoms with Crippen molar-refractivity contribution in [2.45, 2.75) is 44.3 Å². The Balaban J connectivity index is 1.47. The van der Waals surface area contributed by atoms with Gasteiger partial charge in [-0.15, -0.1) is 11.3 Å². The first kappa shape index (κ1) is 24.9. The predicted octanol–water partition coefficient (Wildman–Crippen LogP) is 4.91. The third-order valence-electron chi connectivity index (χ3n) is 6.32. The molecule has 0 atom stereocenters. The Morgan fingerprint density at radius 2 is 1.84 bits per heavy atom. The molecule has 0 bridgehead atoms. The number of nitrogens with one attached hydrogen (secondary N) is 2. The van der Waals surface area contributed by atoms with Crippen LogP contribution in [0.15, 0.2) is 41.7 Å². The Morgan fingerprint density at radius 3 is 2.46 bits per heavy atom. The van der Waals surface area contributed by atoms with Gasteiger partial charge in [-0.2, -0.15) is 13.2 Å². The zero-order valence-electron chi connectivity index (χ0n) is 19.8. The lowest BCUT2D eigenvalue weighted by molar-refractivity contribution is -0.141. The van der Waals surface area contributed by atoms with E-state index >= 15 is 0 Å². The highest BCUT2D eigenvalue weighted by atomic mass is 32.1. The molecule has 2 aliphatic carbocycles. The lowest BCUT2D eigenvalue weighted by atomic mass is 9.89. The molecule has 1 aromatic carbocycles. The largest absolute Gasteiger partial charge is 0.433 e. The van der Waals surface area contributed by atoms with Crippen LogP contribution in [0.1, 0.15) is 41.9 Å². The van der Waals surface area contributed by atoms with E-state index in [0.29, 0.717) is 5.69 Å². The zero-order valence-corrected chi connectivity index (χ0v) is 20.7. The molecule has 0 amide bonds. The van der Waals surface area contributed by atoms with E-state index in [4.69, 9.17) is 31.6 Å². The maximum atomic E-state index is 13.1. The van der Waals surface area contributed by atoms with Crippen molar-refractivity contribution < 1.29 is 17.9 Å². The molecule has 0 aliphatic heterocycles. The molecule has 5 rings (SSSR count). The second kappa shape index (κ2) is 9.29. The van der Waals surface area contributed by atoms with Crippen LogP contribution in [-0.2, 0) is 16.5 Å². The van der Waals surface area contributed by atoms with Crippen molar-refractivity contribution in [2.75, 3.05) is 5.32 Å². The van der Waals surface area contributed by atoms with Crippen LogP contribution < -0.4 is 16.8 Å². The molecule has 37 heavy (non-hydrogen) atoms. The molecule has 0 spiro atoms. The minimum absolute atomic E-state index is 0.145. The lowest BCUT2D eigenvalue weighted by Gasteiger charge is -2.28. The van der Waals surface area contributed by atoms with Gasteiger partial charge in [-0.25, -0.2) is 19.9 Å². The summed E-state index contributed by atoms with van der Waals surface area (Å²) < 4.78 is 44.2. The van der Waals surface area contributed by atoms with Gasteiger partial charge in [-0.1, -0.05) is 6.07 Å². The van der Waals surface area contributed by atoms with Crippen LogP contribution in [0.4, 0.5) is 24.8 Å². The van der Waals surface area contributed by atoms with E-state index in [1.54, 1.807) is 12.3 Å². The molecule has 194 valence electrons. The maximum absolute atomic E-state index is 13.1. The molecule has 2 heterocycles. The number of amidine groups is 2. The number of nitrogens with zero attached hydrogens (tertiary/aromatic N) is 4. The summed E-state index contributed by atoms with van der Waals surface area (Å²) in [6.45, 7) is 1.90. The minimum Gasteiger partial charge on any atom is -0.393 e. The summed E-state index contributed by atoms with van der Waals surface area (Å²) in [5, 5.41) is 11.1. The van der Waals surface area contributed by atoms with Crippen molar-refractivity contribution in [3.05, 3.63) is 52.9 Å². The number of halogens is 3. The fourth-order valence-corrected chi connectivity index (χ4v) is 5.77. The van der Waals surface area contributed by atoms with Crippen molar-refractivity contribution in [3.8, 4) is 10.4 Å². The quantitative estimate of drug-likeness (QED) is 0.250. The molecule has 2 aliphatic rings. The summed E-state index contributed by atoms with van der Waals surface area (Å²) >= 11 is 1.50. The second-order valence-corrected chi connectivity index (χ2v) is 10.3. The van der Waals surface area contributed by atoms with Crippen LogP contribution in [0.2, 0.25) is 0 Å². The summed E-state index contributed by atoms with van der Waals surface area (Å²) in [5.41, 5.74) is 12.0. The highest BCUT2D eigenvalue weighted by Gasteiger charge is 2.57. The molecule has 2 aromatic heterocycles. The van der Waals surface area contributed by atoms with Gasteiger partial charge in [0, 0.05) is 18.1 Å². The average molecular weight is 531 g/mol. The summed E-state index contributed by atoms with van der Waals surface area (Å²) in [4.78, 5) is 17.9. The molecule has 2 saturated carbocycles. The van der Waals surface area contributed by atoms with Gasteiger partial charge in [-0.05, 0) is 73.8 Å². The number of aliphatic imine (C=N–C) groups is 1. The number of thiazole rings is 1. The molecule has 0 saturated heterocycles. The number of anilines is 2. The highest BCUT2D eigenvalue weighted by molar-refractivity contribution is 7.15. The van der Waals surface area contributed by atoms with Crippen molar-refractivity contribution >= 4 is 35.0 Å². The molecular weight excluding hydrogens is 505 g/mol. The number of rotatable bonds is 7. The summed E-state index contributed by atoms with van der Waals surface area (Å²) in [6.07, 6.45) is 2.27. The van der Waals surface area contributed by atoms with E-state index in [0.717, 1.165) is 59.0 Å². The summed E-state index contributed by atoms with van der Waals surface area (Å²) in [7, 11) is 0. The fourth-order valence-electron chi connectivity index (χ4n) is 4.57. The fraction of sp³-hybridized carbons (Fsp3) is 0.375. The lowest BCUT2D eigenvalue weighted by Crippen LogP contribution is -2.35. The average Bonchev–Trinajstić information content (AvgIpc) is 3.74. The van der Waals surface area contributed by atoms with Crippen molar-refractivity contribution in [3.63, 3.8) is 0 Å². The predicted molar refractivity (Wildman–Crippen MR) is 134 cm³/mol. The minimum atomic E-state index is -4.56. The number of aryl methyl sites for hydroxylation is 1. The Morgan fingerprint density at radius 1 is 1.14 bits per heavy atom. The third-order valence-corrected chi connectivity index (χ3v) is 7.51. The van der Waals surface area contributed by atoms with E-state index in [1.165, 1.54) is 11.3 Å². The van der Waals surface area contributed by atoms with E-state index in [9.17, 15) is 13.2 Å². The topological polar surface area (TPSA) is 148 Å². The zero-order chi connectivity index (χ0) is 26.4. The molecule has 0 unspecified atom stereocenters. The highest BCUT2D eigenvalue weighted by Crippen LogP contribution is 2.60. The van der Waals surface area contributed by atoms with Crippen molar-refractivity contribution in [1.29, 1.82) is 5.41 Å². The van der Waals surface area contributed by atoms with E-state index in [1.807, 2.05) is 19.1 Å². The van der Waals surface area contributed by atoms with Gasteiger partial charge in [0.25, 0.3) is 12.0 Å². The number of ether oxygens (including phenoxy) is 1. The first-order valence-corrected chi connectivity index (χ1v) is 12.5. The van der Waals surface area contributed by atoms with Crippen LogP contribution >= 0.6 is 11.3 Å². The Hall–Kier alpha value is -3.74. The number of aromatic nitrogens is 3. The number of hydrogen-bond donors (Lipinski definition) is 4. The van der Waals surface area contributed by atoms with E-state index in [-0.39, 0.29) is 23.8 Å². The number of hydrogen-bond acceptors (Lipinski definition) is 8. The first-order chi connectivity index (χ1) is 17.5. The molecule has 2 fully saturated rings. The van der Waals surface area contributed by atoms with Crippen LogP contribution in [0.5, 0.6) is 0 Å². The smallest absolute Gasteiger partial charge is 0.393 e. The maximum Gasteiger partial charge on any atom is 0.433 e. The molecule has 6 N–H and O–H groups in total. The summed E-state index contributed by atoms with van der Waals surface area (Å²) in [6, 6.07) is 5.76. The van der Waals surface area contributed by atoms with Crippen LogP contribution in [0, 0.1) is 24.2 Å². The molecule has 9 nitrogen and oxygen atoms in total. The monoisotopic (exact) mass is 530 g/mol. The Kier molecular flexibility index (Phi) is 6.26. The van der Waals surface area contributed by atoms with Gasteiger partial charge in [0.15, 0.2) is 0 Å². The normalized spacial score (nSPS) is 16.5. The van der Waals surface area contributed by atoms with Crippen LogP contribution in [0.3, 0.4) is 0 Å². The number of benzene rings is 1. The Labute approximate surface area is 214 Å². The summed E-state index contributed by atoms with van der Waals surface area (Å²) in [5.74, 6) is 0.412. The van der Waals surface area contributed by atoms with Crippen molar-refractivity contribution in [1.82, 2.24) is 15.0 Å². The second-order valence-electron chi connectivity index (χ2n) is 9.30. The Bertz CT molecular complexity index is 1350. The third kappa shape index (κ3) is 5.36. The molecular formula is C24H25F3N8OS. The van der Waals surface area contributed by atoms with Gasteiger partial charge in [0.2, 0.25) is 5.95 Å². The van der Waals surface area contributed by atoms with Crippen LogP contribution in [-0.4, -0.2) is 27.0 Å². The SMILES string of the molecule is Cc1cc(Nc2nccc(C(F)(F)F)n2)cc(-c2cnc(C(N=C(N)OC(=N)N)(C3CC3)C3CC3)s2)c1. The number of nitrogens with two attached hydrogens (primary N) is 2. The van der Waals surface area contributed by atoms with Crippen molar-refractivity contribution in [2.24, 2.45) is 28.3 Å². The van der Waals surface area contributed by atoms with E-state index in [2.05, 4.69) is 15.3 Å². The van der Waals surface area contributed by atoms with E-state index < -0.39 is 23.4 Å². The first-order valence-electron chi connectivity index (χ1n) is 11.7.